The Morgan fingerprint density at radius 1 is 1.13 bits per heavy atom. The van der Waals surface area contributed by atoms with Crippen LogP contribution in [0.5, 0.6) is 5.75 Å². The second kappa shape index (κ2) is 8.43. The van der Waals surface area contributed by atoms with Crippen LogP contribution in [-0.2, 0) is 23.9 Å². The summed E-state index contributed by atoms with van der Waals surface area (Å²) in [5, 5.41) is 12.4. The Morgan fingerprint density at radius 2 is 1.90 bits per heavy atom. The predicted octanol–water partition coefficient (Wildman–Crippen LogP) is 5.49. The fourth-order valence-electron chi connectivity index (χ4n) is 3.17. The van der Waals surface area contributed by atoms with Crippen molar-refractivity contribution in [1.82, 2.24) is 9.55 Å². The van der Waals surface area contributed by atoms with Gasteiger partial charge in [-0.1, -0.05) is 12.1 Å². The highest BCUT2D eigenvalue weighted by Gasteiger charge is 2.30. The minimum absolute atomic E-state index is 0.126. The maximum absolute atomic E-state index is 12.7. The maximum atomic E-state index is 12.7. The van der Waals surface area contributed by atoms with Crippen molar-refractivity contribution in [2.45, 2.75) is 19.1 Å². The number of benzene rings is 2. The lowest BCUT2D eigenvalue weighted by Gasteiger charge is -2.07. The smallest absolute Gasteiger partial charge is 0.416 e. The van der Waals surface area contributed by atoms with Crippen molar-refractivity contribution in [1.29, 1.82) is 0 Å². The van der Waals surface area contributed by atoms with Gasteiger partial charge in [-0.2, -0.15) is 13.2 Å². The molecule has 0 aliphatic heterocycles. The lowest BCUT2D eigenvalue weighted by molar-refractivity contribution is -0.138. The molecule has 4 rings (SSSR count). The molecule has 0 amide bonds. The Labute approximate surface area is 179 Å². The molecule has 5 nitrogen and oxygen atoms in total. The van der Waals surface area contributed by atoms with Gasteiger partial charge in [-0.15, -0.1) is 11.3 Å². The Bertz CT molecular complexity index is 1210. The van der Waals surface area contributed by atoms with Crippen molar-refractivity contribution in [2.24, 2.45) is 0 Å². The van der Waals surface area contributed by atoms with Crippen molar-refractivity contribution < 1.29 is 27.8 Å². The number of aliphatic carboxylic acids is 1. The third kappa shape index (κ3) is 4.88. The highest BCUT2D eigenvalue weighted by atomic mass is 32.1. The zero-order valence-electron chi connectivity index (χ0n) is 16.1. The SMILES string of the molecule is O=C(O)Cn1ccc2ccc(OCCc3csc(-c4ccc(C(F)(F)F)cc4)n3)cc21. The molecule has 2 aromatic heterocycles. The molecule has 0 saturated carbocycles. The van der Waals surface area contributed by atoms with Crippen molar-refractivity contribution in [3.8, 4) is 16.3 Å². The summed E-state index contributed by atoms with van der Waals surface area (Å²) in [6, 6.07) is 12.3. The van der Waals surface area contributed by atoms with Gasteiger partial charge in [-0.3, -0.25) is 4.79 Å². The number of carboxylic acids is 1. The molecule has 9 heteroatoms. The van der Waals surface area contributed by atoms with Gasteiger partial charge in [-0.05, 0) is 35.7 Å². The van der Waals surface area contributed by atoms with E-state index in [1.165, 1.54) is 23.5 Å². The molecule has 2 aromatic carbocycles. The van der Waals surface area contributed by atoms with E-state index in [9.17, 15) is 18.0 Å². The van der Waals surface area contributed by atoms with Crippen LogP contribution in [-0.4, -0.2) is 27.2 Å². The van der Waals surface area contributed by atoms with Gasteiger partial charge >= 0.3 is 12.1 Å². The molecule has 0 atom stereocenters. The molecular weight excluding hydrogens is 429 g/mol. The lowest BCUT2D eigenvalue weighted by atomic mass is 10.1. The van der Waals surface area contributed by atoms with Gasteiger partial charge in [0.25, 0.3) is 0 Å². The number of aromatic nitrogens is 2. The number of fused-ring (bicyclic) bond motifs is 1. The van der Waals surface area contributed by atoms with E-state index >= 15 is 0 Å². The largest absolute Gasteiger partial charge is 0.493 e. The first kappa shape index (κ1) is 20.9. The van der Waals surface area contributed by atoms with E-state index in [1.54, 1.807) is 16.8 Å². The van der Waals surface area contributed by atoms with Gasteiger partial charge in [0, 0.05) is 29.6 Å². The number of carboxylic acid groups (broad SMARTS) is 1. The summed E-state index contributed by atoms with van der Waals surface area (Å²) in [5.41, 5.74) is 1.51. The number of alkyl halides is 3. The standard InChI is InChI=1S/C22H17F3N2O3S/c23-22(24,25)16-4-1-15(2-5-16)21-26-17(13-31-21)8-10-30-18-6-3-14-7-9-27(12-20(28)29)19(14)11-18/h1-7,9,11,13H,8,10,12H2,(H,28,29). The van der Waals surface area contributed by atoms with Crippen molar-refractivity contribution in [2.75, 3.05) is 6.61 Å². The fourth-order valence-corrected chi connectivity index (χ4v) is 4.03. The molecule has 31 heavy (non-hydrogen) atoms. The van der Waals surface area contributed by atoms with Crippen LogP contribution in [0.15, 0.2) is 60.1 Å². The Morgan fingerprint density at radius 3 is 2.61 bits per heavy atom. The third-order valence-electron chi connectivity index (χ3n) is 4.69. The Balaban J connectivity index is 1.38. The zero-order valence-corrected chi connectivity index (χ0v) is 16.9. The summed E-state index contributed by atoms with van der Waals surface area (Å²) in [7, 11) is 0. The number of hydrogen-bond donors (Lipinski definition) is 1. The molecular formula is C22H17F3N2O3S. The van der Waals surface area contributed by atoms with Gasteiger partial charge in [0.15, 0.2) is 0 Å². The minimum atomic E-state index is -4.36. The molecule has 0 spiro atoms. The van der Waals surface area contributed by atoms with E-state index in [-0.39, 0.29) is 6.54 Å². The Kier molecular flexibility index (Phi) is 5.69. The van der Waals surface area contributed by atoms with Crippen LogP contribution in [0.3, 0.4) is 0 Å². The van der Waals surface area contributed by atoms with Crippen molar-refractivity contribution >= 4 is 28.2 Å². The number of rotatable bonds is 7. The monoisotopic (exact) mass is 446 g/mol. The van der Waals surface area contributed by atoms with Crippen LogP contribution in [0, 0.1) is 0 Å². The quantitative estimate of drug-likeness (QED) is 0.408. The normalized spacial score (nSPS) is 11.7. The van der Waals surface area contributed by atoms with Gasteiger partial charge in [0.2, 0.25) is 0 Å². The second-order valence-corrected chi connectivity index (χ2v) is 7.73. The molecule has 2 heterocycles. The third-order valence-corrected chi connectivity index (χ3v) is 5.63. The van der Waals surface area contributed by atoms with E-state index < -0.39 is 17.7 Å². The van der Waals surface area contributed by atoms with E-state index in [2.05, 4.69) is 4.98 Å². The highest BCUT2D eigenvalue weighted by Crippen LogP contribution is 2.32. The predicted molar refractivity (Wildman–Crippen MR) is 111 cm³/mol. The van der Waals surface area contributed by atoms with Crippen molar-refractivity contribution in [3.05, 3.63) is 71.4 Å². The first-order valence-corrected chi connectivity index (χ1v) is 10.2. The summed E-state index contributed by atoms with van der Waals surface area (Å²) in [6.07, 6.45) is -2.10. The fraction of sp³-hybridized carbons (Fsp3) is 0.182. The van der Waals surface area contributed by atoms with Crippen LogP contribution in [0.2, 0.25) is 0 Å². The van der Waals surface area contributed by atoms with E-state index in [0.29, 0.717) is 29.3 Å². The molecule has 0 fully saturated rings. The number of nitrogens with zero attached hydrogens (tertiary/aromatic N) is 2. The van der Waals surface area contributed by atoms with E-state index in [1.807, 2.05) is 23.6 Å². The summed E-state index contributed by atoms with van der Waals surface area (Å²) in [4.78, 5) is 15.5. The second-order valence-electron chi connectivity index (χ2n) is 6.88. The zero-order chi connectivity index (χ0) is 22.0. The summed E-state index contributed by atoms with van der Waals surface area (Å²) in [5.74, 6) is -0.299. The summed E-state index contributed by atoms with van der Waals surface area (Å²) in [6.45, 7) is 0.236. The number of hydrogen-bond acceptors (Lipinski definition) is 4. The van der Waals surface area contributed by atoms with Gasteiger partial charge in [0.05, 0.1) is 23.4 Å². The van der Waals surface area contributed by atoms with Gasteiger partial charge < -0.3 is 14.4 Å². The minimum Gasteiger partial charge on any atom is -0.493 e. The van der Waals surface area contributed by atoms with Crippen LogP contribution >= 0.6 is 11.3 Å². The average Bonchev–Trinajstić information content (AvgIpc) is 3.35. The van der Waals surface area contributed by atoms with Crippen LogP contribution < -0.4 is 4.74 Å². The van der Waals surface area contributed by atoms with Gasteiger partial charge in [0.1, 0.15) is 17.3 Å². The Hall–Kier alpha value is -3.33. The van der Waals surface area contributed by atoms with E-state index in [0.717, 1.165) is 28.7 Å². The molecule has 0 unspecified atom stereocenters. The maximum Gasteiger partial charge on any atom is 0.416 e. The molecule has 0 radical (unpaired) electrons. The lowest BCUT2D eigenvalue weighted by Crippen LogP contribution is -2.07. The average molecular weight is 446 g/mol. The first-order valence-electron chi connectivity index (χ1n) is 9.35. The first-order chi connectivity index (χ1) is 14.8. The topological polar surface area (TPSA) is 64.3 Å². The number of ether oxygens (including phenoxy) is 1. The summed E-state index contributed by atoms with van der Waals surface area (Å²) < 4.78 is 45.5. The number of halogens is 3. The number of carbonyl (C=O) groups is 1. The van der Waals surface area contributed by atoms with Crippen molar-refractivity contribution in [3.63, 3.8) is 0 Å². The molecule has 4 aromatic rings. The number of thiazole rings is 1. The molecule has 0 saturated heterocycles. The van der Waals surface area contributed by atoms with Crippen LogP contribution in [0.4, 0.5) is 13.2 Å². The molecule has 0 bridgehead atoms. The van der Waals surface area contributed by atoms with Crippen LogP contribution in [0.25, 0.3) is 21.5 Å². The van der Waals surface area contributed by atoms with E-state index in [4.69, 9.17) is 9.84 Å². The highest BCUT2D eigenvalue weighted by molar-refractivity contribution is 7.13. The molecule has 1 N–H and O–H groups in total. The molecule has 0 aliphatic rings. The van der Waals surface area contributed by atoms with Crippen LogP contribution in [0.1, 0.15) is 11.3 Å². The summed E-state index contributed by atoms with van der Waals surface area (Å²) >= 11 is 1.37. The molecule has 160 valence electrons. The van der Waals surface area contributed by atoms with Gasteiger partial charge in [-0.25, -0.2) is 4.98 Å². The molecule has 0 aliphatic carbocycles.